The van der Waals surface area contributed by atoms with Crippen LogP contribution in [0.4, 0.5) is 9.18 Å². The van der Waals surface area contributed by atoms with Gasteiger partial charge in [0, 0.05) is 21.4 Å². The van der Waals surface area contributed by atoms with Gasteiger partial charge < -0.3 is 15.5 Å². The highest BCUT2D eigenvalue weighted by Crippen LogP contribution is 2.39. The van der Waals surface area contributed by atoms with Gasteiger partial charge in [0.2, 0.25) is 0 Å². The van der Waals surface area contributed by atoms with Crippen molar-refractivity contribution in [2.24, 2.45) is 0 Å². The Balaban J connectivity index is 2.40. The number of aliphatic hydroxyl groups excluding tert-OH is 1. The molecule has 8 heteroatoms. The summed E-state index contributed by atoms with van der Waals surface area (Å²) >= 11 is 13.4. The van der Waals surface area contributed by atoms with Crippen LogP contribution in [0.25, 0.3) is 0 Å². The van der Waals surface area contributed by atoms with E-state index in [1.807, 2.05) is 0 Å². The predicted molar refractivity (Wildman–Crippen MR) is 87.8 cm³/mol. The van der Waals surface area contributed by atoms with E-state index in [1.54, 1.807) is 6.07 Å². The predicted octanol–water partition coefficient (Wildman–Crippen LogP) is 4.54. The zero-order chi connectivity index (χ0) is 17.0. The van der Waals surface area contributed by atoms with Crippen LogP contribution in [0, 0.1) is 5.82 Å². The largest absolute Gasteiger partial charge is 0.465 e. The van der Waals surface area contributed by atoms with Crippen molar-refractivity contribution in [3.05, 3.63) is 57.3 Å². The zero-order valence-electron chi connectivity index (χ0n) is 11.6. The second kappa shape index (κ2) is 7.88. The summed E-state index contributed by atoms with van der Waals surface area (Å²) in [7, 11) is 0. The maximum absolute atomic E-state index is 13.3. The summed E-state index contributed by atoms with van der Waals surface area (Å²) in [4.78, 5) is 11.9. The van der Waals surface area contributed by atoms with Crippen LogP contribution >= 0.6 is 35.0 Å². The molecule has 3 N–H and O–H groups in total. The lowest BCUT2D eigenvalue weighted by Crippen LogP contribution is -2.20. The van der Waals surface area contributed by atoms with Crippen LogP contribution in [0.2, 0.25) is 10.0 Å². The van der Waals surface area contributed by atoms with E-state index in [0.29, 0.717) is 31.0 Å². The van der Waals surface area contributed by atoms with Gasteiger partial charge in [0.15, 0.2) is 0 Å². The first-order chi connectivity index (χ1) is 10.9. The van der Waals surface area contributed by atoms with Crippen molar-refractivity contribution in [3.8, 4) is 0 Å². The Morgan fingerprint density at radius 3 is 2.61 bits per heavy atom. The number of hydrogen-bond donors (Lipinski definition) is 3. The van der Waals surface area contributed by atoms with Crippen molar-refractivity contribution < 1.29 is 19.4 Å². The molecule has 2 rings (SSSR count). The fourth-order valence-corrected chi connectivity index (χ4v) is 3.59. The lowest BCUT2D eigenvalue weighted by molar-refractivity contribution is 0.194. The summed E-state index contributed by atoms with van der Waals surface area (Å²) in [6.07, 6.45) is -1.17. The van der Waals surface area contributed by atoms with Crippen molar-refractivity contribution >= 4 is 41.1 Å². The van der Waals surface area contributed by atoms with Crippen LogP contribution in [0.1, 0.15) is 11.1 Å². The minimum absolute atomic E-state index is 0.0214. The third-order valence-corrected chi connectivity index (χ3v) is 4.85. The quantitative estimate of drug-likeness (QED) is 0.717. The number of rotatable bonds is 5. The highest BCUT2D eigenvalue weighted by atomic mass is 35.5. The molecule has 1 amide bonds. The molecule has 0 spiro atoms. The average Bonchev–Trinajstić information content (AvgIpc) is 2.49. The minimum Gasteiger partial charge on any atom is -0.465 e. The summed E-state index contributed by atoms with van der Waals surface area (Å²) < 4.78 is 13.3. The van der Waals surface area contributed by atoms with Crippen LogP contribution in [-0.4, -0.2) is 16.3 Å². The molecule has 0 saturated carbocycles. The van der Waals surface area contributed by atoms with Gasteiger partial charge in [-0.2, -0.15) is 0 Å². The third kappa shape index (κ3) is 4.75. The molecular formula is C15H12Cl2FNO3S. The molecule has 0 heterocycles. The van der Waals surface area contributed by atoms with Gasteiger partial charge in [-0.1, -0.05) is 35.0 Å². The molecule has 0 saturated heterocycles. The number of carboxylic acid groups (broad SMARTS) is 1. The van der Waals surface area contributed by atoms with E-state index in [-0.39, 0.29) is 13.2 Å². The van der Waals surface area contributed by atoms with E-state index in [9.17, 15) is 14.3 Å². The van der Waals surface area contributed by atoms with E-state index in [0.717, 1.165) is 0 Å². The van der Waals surface area contributed by atoms with Crippen LogP contribution in [-0.2, 0) is 13.2 Å². The molecule has 0 aromatic heterocycles. The molecule has 0 atom stereocenters. The van der Waals surface area contributed by atoms with Gasteiger partial charge in [0.25, 0.3) is 0 Å². The van der Waals surface area contributed by atoms with Gasteiger partial charge in [0.1, 0.15) is 5.82 Å². The monoisotopic (exact) mass is 375 g/mol. The first-order valence-corrected chi connectivity index (χ1v) is 7.99. The number of halogens is 3. The number of amides is 1. The van der Waals surface area contributed by atoms with Gasteiger partial charge in [-0.05, 0) is 41.5 Å². The molecule has 0 aliphatic heterocycles. The Hall–Kier alpha value is -1.47. The van der Waals surface area contributed by atoms with Crippen LogP contribution in [0.5, 0.6) is 0 Å². The van der Waals surface area contributed by atoms with Crippen molar-refractivity contribution in [2.45, 2.75) is 22.9 Å². The second-order valence-corrected chi connectivity index (χ2v) is 6.44. The SMILES string of the molecule is O=C(O)NCc1cc(Cl)cc(Cl)c1Sc1ccc(F)cc1CO. The van der Waals surface area contributed by atoms with E-state index in [2.05, 4.69) is 5.32 Å². The van der Waals surface area contributed by atoms with Gasteiger partial charge in [-0.25, -0.2) is 9.18 Å². The summed E-state index contributed by atoms with van der Waals surface area (Å²) in [6.45, 7) is -0.304. The zero-order valence-corrected chi connectivity index (χ0v) is 14.0. The fourth-order valence-electron chi connectivity index (χ4n) is 1.91. The van der Waals surface area contributed by atoms with Crippen molar-refractivity contribution in [2.75, 3.05) is 0 Å². The summed E-state index contributed by atoms with van der Waals surface area (Å²) in [5.74, 6) is -0.451. The maximum Gasteiger partial charge on any atom is 0.404 e. The highest BCUT2D eigenvalue weighted by molar-refractivity contribution is 7.99. The molecular weight excluding hydrogens is 364 g/mol. The third-order valence-electron chi connectivity index (χ3n) is 2.92. The van der Waals surface area contributed by atoms with Gasteiger partial charge in [0.05, 0.1) is 11.6 Å². The molecule has 4 nitrogen and oxygen atoms in total. The number of benzene rings is 2. The van der Waals surface area contributed by atoms with Crippen molar-refractivity contribution in [1.82, 2.24) is 5.32 Å². The minimum atomic E-state index is -1.17. The van der Waals surface area contributed by atoms with Gasteiger partial charge in [-0.15, -0.1) is 0 Å². The molecule has 0 bridgehead atoms. The standard InChI is InChI=1S/C15H12Cl2FNO3S/c16-10-3-8(6-19-15(21)22)14(12(17)5-10)23-13-2-1-11(18)4-9(13)7-20/h1-5,19-20H,6-7H2,(H,21,22). The first-order valence-electron chi connectivity index (χ1n) is 6.42. The van der Waals surface area contributed by atoms with Gasteiger partial charge >= 0.3 is 6.09 Å². The number of hydrogen-bond acceptors (Lipinski definition) is 3. The summed E-state index contributed by atoms with van der Waals surface area (Å²) in [5, 5.41) is 21.1. The Morgan fingerprint density at radius 2 is 1.96 bits per heavy atom. The second-order valence-electron chi connectivity index (χ2n) is 4.55. The molecule has 0 aliphatic carbocycles. The van der Waals surface area contributed by atoms with Crippen LogP contribution < -0.4 is 5.32 Å². The number of aliphatic hydroxyl groups is 1. The normalized spacial score (nSPS) is 10.6. The summed E-state index contributed by atoms with van der Waals surface area (Å²) in [6, 6.07) is 7.19. The molecule has 23 heavy (non-hydrogen) atoms. The van der Waals surface area contributed by atoms with Crippen LogP contribution in [0.15, 0.2) is 40.1 Å². The van der Waals surface area contributed by atoms with E-state index >= 15 is 0 Å². The molecule has 2 aromatic rings. The Bertz CT molecular complexity index is 743. The molecule has 0 unspecified atom stereocenters. The Labute approximate surface area is 146 Å². The van der Waals surface area contributed by atoms with E-state index in [4.69, 9.17) is 28.3 Å². The molecule has 0 aliphatic rings. The van der Waals surface area contributed by atoms with Crippen molar-refractivity contribution in [3.63, 3.8) is 0 Å². The van der Waals surface area contributed by atoms with Gasteiger partial charge in [-0.3, -0.25) is 0 Å². The van der Waals surface area contributed by atoms with E-state index < -0.39 is 11.9 Å². The molecule has 0 fully saturated rings. The van der Waals surface area contributed by atoms with Crippen molar-refractivity contribution in [1.29, 1.82) is 0 Å². The highest BCUT2D eigenvalue weighted by Gasteiger charge is 2.14. The molecule has 2 aromatic carbocycles. The Kier molecular flexibility index (Phi) is 6.12. The average molecular weight is 376 g/mol. The number of carbonyl (C=O) groups is 1. The number of nitrogens with one attached hydrogen (secondary N) is 1. The Morgan fingerprint density at radius 1 is 1.22 bits per heavy atom. The fraction of sp³-hybridized carbons (Fsp3) is 0.133. The van der Waals surface area contributed by atoms with Crippen LogP contribution in [0.3, 0.4) is 0 Å². The lowest BCUT2D eigenvalue weighted by Gasteiger charge is -2.14. The molecule has 122 valence electrons. The maximum atomic E-state index is 13.3. The van der Waals surface area contributed by atoms with E-state index in [1.165, 1.54) is 36.0 Å². The summed E-state index contributed by atoms with van der Waals surface area (Å²) in [5.41, 5.74) is 1.00. The smallest absolute Gasteiger partial charge is 0.404 e. The topological polar surface area (TPSA) is 69.6 Å². The molecule has 0 radical (unpaired) electrons. The first kappa shape index (κ1) is 17.9. The lowest BCUT2D eigenvalue weighted by atomic mass is 10.2.